The van der Waals surface area contributed by atoms with Crippen molar-refractivity contribution >= 4 is 34.8 Å². The van der Waals surface area contributed by atoms with Crippen LogP contribution in [0.5, 0.6) is 0 Å². The van der Waals surface area contributed by atoms with E-state index in [0.717, 1.165) is 16.9 Å². The lowest BCUT2D eigenvalue weighted by Crippen LogP contribution is -2.52. The monoisotopic (exact) mass is 486 g/mol. The highest BCUT2D eigenvalue weighted by Crippen LogP contribution is 2.61. The summed E-state index contributed by atoms with van der Waals surface area (Å²) in [4.78, 5) is 45.9. The number of anilines is 1. The predicted molar refractivity (Wildman–Crippen MR) is 132 cm³/mol. The number of hydrogen-bond acceptors (Lipinski definition) is 7. The molecule has 35 heavy (non-hydrogen) atoms. The number of pyridine rings is 1. The van der Waals surface area contributed by atoms with Gasteiger partial charge in [0, 0.05) is 53.2 Å². The van der Waals surface area contributed by atoms with Gasteiger partial charge in [0.25, 0.3) is 5.69 Å². The zero-order chi connectivity index (χ0) is 24.3. The molecular weight excluding hydrogens is 464 g/mol. The molecule has 8 nitrogen and oxygen atoms in total. The highest BCUT2D eigenvalue weighted by Gasteiger charge is 2.69. The fourth-order valence-electron chi connectivity index (χ4n) is 6.08. The zero-order valence-electron chi connectivity index (χ0n) is 18.9. The maximum absolute atomic E-state index is 14.3. The molecule has 0 bridgehead atoms. The molecule has 0 unspecified atom stereocenters. The first-order chi connectivity index (χ1) is 16.9. The Hall–Kier alpha value is -3.56. The number of carbonyl (C=O) groups is 2. The molecule has 9 heteroatoms. The molecule has 1 aromatic heterocycles. The van der Waals surface area contributed by atoms with Crippen molar-refractivity contribution in [3.05, 3.63) is 99.4 Å². The van der Waals surface area contributed by atoms with Crippen molar-refractivity contribution in [3.63, 3.8) is 0 Å². The summed E-state index contributed by atoms with van der Waals surface area (Å²) in [6.07, 6.45) is 1.57. The number of nitro benzene ring substituents is 1. The highest BCUT2D eigenvalue weighted by atomic mass is 32.2. The van der Waals surface area contributed by atoms with Gasteiger partial charge >= 0.3 is 0 Å². The van der Waals surface area contributed by atoms with E-state index < -0.39 is 22.3 Å². The van der Waals surface area contributed by atoms with Crippen LogP contribution in [0.15, 0.2) is 66.9 Å². The van der Waals surface area contributed by atoms with Crippen molar-refractivity contribution < 1.29 is 14.5 Å². The van der Waals surface area contributed by atoms with E-state index >= 15 is 0 Å². The summed E-state index contributed by atoms with van der Waals surface area (Å²) < 4.78 is 0. The number of rotatable bonds is 4. The standard InChI is InChI=1S/C26H22N4O4S/c1-15-8-9-19-18(11-15)26(25(32)28-19)23(24(31)20-7-2-3-10-27-20)22(21-13-35-14-29(21)26)16-5-4-6-17(12-16)30(33)34/h2-12,21-23H,13-14H2,1H3,(H,28,32)/t21-,22-,23-,26-/m1/s1. The molecule has 1 amide bonds. The number of nitrogens with zero attached hydrogens (tertiary/aromatic N) is 3. The van der Waals surface area contributed by atoms with Crippen LogP contribution in [0.2, 0.25) is 0 Å². The Morgan fingerprint density at radius 3 is 2.83 bits per heavy atom. The third-order valence-corrected chi connectivity index (χ3v) is 8.48. The number of ketones is 1. The minimum Gasteiger partial charge on any atom is -0.324 e. The van der Waals surface area contributed by atoms with E-state index in [4.69, 9.17) is 0 Å². The number of nitrogens with one attached hydrogen (secondary N) is 1. The van der Waals surface area contributed by atoms with Crippen LogP contribution in [-0.4, -0.2) is 44.2 Å². The van der Waals surface area contributed by atoms with Gasteiger partial charge in [0.15, 0.2) is 5.78 Å². The van der Waals surface area contributed by atoms with Gasteiger partial charge in [0.2, 0.25) is 5.91 Å². The summed E-state index contributed by atoms with van der Waals surface area (Å²) in [6, 6.07) is 17.3. The van der Waals surface area contributed by atoms with Crippen molar-refractivity contribution in [2.75, 3.05) is 16.9 Å². The Kier molecular flexibility index (Phi) is 5.01. The van der Waals surface area contributed by atoms with Crippen LogP contribution in [0.3, 0.4) is 0 Å². The smallest absolute Gasteiger partial charge is 0.269 e. The number of fused-ring (bicyclic) bond motifs is 4. The minimum atomic E-state index is -1.22. The van der Waals surface area contributed by atoms with E-state index in [1.807, 2.05) is 31.2 Å². The molecule has 1 spiro atoms. The van der Waals surface area contributed by atoms with Gasteiger partial charge in [0.05, 0.1) is 10.8 Å². The van der Waals surface area contributed by atoms with Crippen molar-refractivity contribution in [2.24, 2.45) is 5.92 Å². The number of benzene rings is 2. The first-order valence-electron chi connectivity index (χ1n) is 11.4. The molecule has 4 heterocycles. The van der Waals surface area contributed by atoms with Crippen molar-refractivity contribution in [1.82, 2.24) is 9.88 Å². The molecule has 2 aromatic carbocycles. The first-order valence-corrected chi connectivity index (χ1v) is 12.5. The number of non-ortho nitro benzene ring substituents is 1. The van der Waals surface area contributed by atoms with E-state index in [9.17, 15) is 19.7 Å². The fraction of sp³-hybridized carbons (Fsp3) is 0.269. The van der Waals surface area contributed by atoms with Crippen LogP contribution in [-0.2, 0) is 10.3 Å². The quantitative estimate of drug-likeness (QED) is 0.336. The second kappa shape index (κ2) is 8.00. The summed E-state index contributed by atoms with van der Waals surface area (Å²) in [5.41, 5.74) is 2.21. The number of nitro groups is 1. The molecule has 0 saturated carbocycles. The van der Waals surface area contributed by atoms with E-state index in [-0.39, 0.29) is 29.1 Å². The lowest BCUT2D eigenvalue weighted by Gasteiger charge is -2.36. The molecule has 6 rings (SSSR count). The van der Waals surface area contributed by atoms with E-state index in [1.165, 1.54) is 6.07 Å². The lowest BCUT2D eigenvalue weighted by atomic mass is 9.70. The topological polar surface area (TPSA) is 105 Å². The molecule has 0 aliphatic carbocycles. The second-order valence-corrected chi connectivity index (χ2v) is 10.2. The molecule has 4 atom stereocenters. The first kappa shape index (κ1) is 21.9. The Bertz CT molecular complexity index is 1380. The average molecular weight is 487 g/mol. The highest BCUT2D eigenvalue weighted by molar-refractivity contribution is 7.99. The van der Waals surface area contributed by atoms with Crippen molar-refractivity contribution in [2.45, 2.75) is 24.4 Å². The maximum atomic E-state index is 14.3. The minimum absolute atomic E-state index is 0.0307. The van der Waals surface area contributed by atoms with Gasteiger partial charge in [-0.05, 0) is 30.7 Å². The molecule has 3 aliphatic rings. The summed E-state index contributed by atoms with van der Waals surface area (Å²) in [6.45, 7) is 1.97. The third kappa shape index (κ3) is 3.08. The van der Waals surface area contributed by atoms with E-state index in [0.29, 0.717) is 17.1 Å². The average Bonchev–Trinajstić information content (AvgIpc) is 3.52. The number of thioether (sulfide) groups is 1. The van der Waals surface area contributed by atoms with Gasteiger partial charge in [-0.15, -0.1) is 11.8 Å². The Morgan fingerprint density at radius 1 is 1.20 bits per heavy atom. The maximum Gasteiger partial charge on any atom is 0.269 e. The molecule has 2 fully saturated rings. The van der Waals surface area contributed by atoms with Crippen LogP contribution in [0.4, 0.5) is 11.4 Å². The molecular formula is C26H22N4O4S. The van der Waals surface area contributed by atoms with Gasteiger partial charge in [-0.3, -0.25) is 29.6 Å². The summed E-state index contributed by atoms with van der Waals surface area (Å²) in [5.74, 6) is -0.373. The van der Waals surface area contributed by atoms with Crippen LogP contribution in [0.1, 0.15) is 33.1 Å². The van der Waals surface area contributed by atoms with Crippen LogP contribution < -0.4 is 5.32 Å². The SMILES string of the molecule is Cc1ccc2c(c1)[C@]1(C(=O)N2)[C@@H](C(=O)c2ccccn2)[C@H](c2cccc([N+](=O)[O-])c2)[C@H]2CSCN21. The molecule has 3 aromatic rings. The second-order valence-electron chi connectivity index (χ2n) is 9.24. The van der Waals surface area contributed by atoms with Crippen LogP contribution in [0, 0.1) is 23.0 Å². The molecule has 3 aliphatic heterocycles. The van der Waals surface area contributed by atoms with Crippen molar-refractivity contribution in [3.8, 4) is 0 Å². The number of carbonyl (C=O) groups excluding carboxylic acids is 2. The number of aromatic nitrogens is 1. The summed E-state index contributed by atoms with van der Waals surface area (Å²) >= 11 is 1.71. The van der Waals surface area contributed by atoms with Gasteiger partial charge in [-0.2, -0.15) is 0 Å². The predicted octanol–water partition coefficient (Wildman–Crippen LogP) is 4.12. The van der Waals surface area contributed by atoms with E-state index in [1.54, 1.807) is 48.3 Å². The third-order valence-electron chi connectivity index (χ3n) is 7.44. The van der Waals surface area contributed by atoms with Gasteiger partial charge < -0.3 is 5.32 Å². The van der Waals surface area contributed by atoms with Crippen molar-refractivity contribution in [1.29, 1.82) is 0 Å². The van der Waals surface area contributed by atoms with Gasteiger partial charge in [-0.1, -0.05) is 35.9 Å². The summed E-state index contributed by atoms with van der Waals surface area (Å²) in [5, 5.41) is 14.6. The molecule has 2 saturated heterocycles. The van der Waals surface area contributed by atoms with Crippen LogP contribution in [0.25, 0.3) is 0 Å². The Balaban J connectivity index is 1.63. The Labute approximate surface area is 205 Å². The number of Topliss-reactive ketones (excluding diaryl/α,β-unsaturated/α-hetero) is 1. The lowest BCUT2D eigenvalue weighted by molar-refractivity contribution is -0.384. The van der Waals surface area contributed by atoms with Gasteiger partial charge in [0.1, 0.15) is 11.2 Å². The largest absolute Gasteiger partial charge is 0.324 e. The fourth-order valence-corrected chi connectivity index (χ4v) is 7.40. The molecule has 0 radical (unpaired) electrons. The van der Waals surface area contributed by atoms with Crippen LogP contribution >= 0.6 is 11.8 Å². The Morgan fingerprint density at radius 2 is 2.06 bits per heavy atom. The molecule has 176 valence electrons. The molecule has 1 N–H and O–H groups in total. The number of aryl methyl sites for hydroxylation is 1. The normalized spacial score (nSPS) is 27.0. The zero-order valence-corrected chi connectivity index (χ0v) is 19.7. The van der Waals surface area contributed by atoms with E-state index in [2.05, 4.69) is 15.2 Å². The number of hydrogen-bond donors (Lipinski definition) is 1. The summed E-state index contributed by atoms with van der Waals surface area (Å²) in [7, 11) is 0. The van der Waals surface area contributed by atoms with Gasteiger partial charge in [-0.25, -0.2) is 0 Å². The number of amides is 1.